The van der Waals surface area contributed by atoms with Gasteiger partial charge in [0.15, 0.2) is 0 Å². The maximum atomic E-state index is 12.1. The Morgan fingerprint density at radius 2 is 2.15 bits per heavy atom. The molecule has 1 amide bonds. The lowest BCUT2D eigenvalue weighted by Crippen LogP contribution is -2.39. The first kappa shape index (κ1) is 15.0. The van der Waals surface area contributed by atoms with Crippen LogP contribution in [0.4, 0.5) is 0 Å². The second-order valence-corrected chi connectivity index (χ2v) is 7.18. The number of carbonyl (C=O) groups excluding carboxylic acids is 1. The predicted octanol–water partition coefficient (Wildman–Crippen LogP) is 1.85. The molecule has 20 heavy (non-hydrogen) atoms. The molecule has 0 bridgehead atoms. The van der Waals surface area contributed by atoms with Gasteiger partial charge in [-0.25, -0.2) is 8.42 Å². The molecule has 0 saturated heterocycles. The maximum Gasteiger partial charge on any atom is 0.239 e. The Hall–Kier alpha value is -1.43. The number of nitrogens with one attached hydrogen (secondary N) is 1. The second-order valence-electron chi connectivity index (χ2n) is 5.45. The summed E-state index contributed by atoms with van der Waals surface area (Å²) in [6, 6.07) is 3.36. The zero-order valence-corrected chi connectivity index (χ0v) is 12.4. The zero-order valence-electron chi connectivity index (χ0n) is 11.6. The summed E-state index contributed by atoms with van der Waals surface area (Å²) in [6.07, 6.45) is 6.94. The van der Waals surface area contributed by atoms with Crippen molar-refractivity contribution < 1.29 is 13.2 Å². The molecular formula is C14H20N2O3S. The molecular weight excluding hydrogens is 276 g/mol. The predicted molar refractivity (Wildman–Crippen MR) is 76.1 cm³/mol. The number of sulfonamides is 1. The monoisotopic (exact) mass is 296 g/mol. The number of nitrogens with zero attached hydrogens (tertiary/aromatic N) is 1. The SMILES string of the molecule is CC1CCCCC1C(=O)NS(=O)(=O)Cc1cccnc1. The number of hydrogen-bond acceptors (Lipinski definition) is 4. The van der Waals surface area contributed by atoms with E-state index < -0.39 is 10.0 Å². The highest BCUT2D eigenvalue weighted by Crippen LogP contribution is 2.29. The summed E-state index contributed by atoms with van der Waals surface area (Å²) >= 11 is 0. The molecule has 6 heteroatoms. The highest BCUT2D eigenvalue weighted by atomic mass is 32.2. The molecule has 1 aliphatic carbocycles. The van der Waals surface area contributed by atoms with E-state index in [1.807, 2.05) is 6.92 Å². The molecule has 1 aromatic heterocycles. The van der Waals surface area contributed by atoms with Crippen LogP contribution in [0, 0.1) is 11.8 Å². The molecule has 2 unspecified atom stereocenters. The molecule has 1 N–H and O–H groups in total. The smallest absolute Gasteiger partial charge is 0.239 e. The summed E-state index contributed by atoms with van der Waals surface area (Å²) in [7, 11) is -3.65. The summed E-state index contributed by atoms with van der Waals surface area (Å²) in [5.41, 5.74) is 0.574. The molecule has 5 nitrogen and oxygen atoms in total. The first-order chi connectivity index (χ1) is 9.48. The van der Waals surface area contributed by atoms with E-state index in [4.69, 9.17) is 0 Å². The van der Waals surface area contributed by atoms with Crippen molar-refractivity contribution in [3.05, 3.63) is 30.1 Å². The number of aromatic nitrogens is 1. The van der Waals surface area contributed by atoms with Crippen LogP contribution in [0.1, 0.15) is 38.2 Å². The van der Waals surface area contributed by atoms with E-state index in [0.29, 0.717) is 5.56 Å². The van der Waals surface area contributed by atoms with Crippen molar-refractivity contribution >= 4 is 15.9 Å². The summed E-state index contributed by atoms with van der Waals surface area (Å²) in [4.78, 5) is 16.0. The number of hydrogen-bond donors (Lipinski definition) is 1. The van der Waals surface area contributed by atoms with Crippen molar-refractivity contribution in [2.24, 2.45) is 11.8 Å². The van der Waals surface area contributed by atoms with Gasteiger partial charge in [-0.3, -0.25) is 14.5 Å². The molecule has 110 valence electrons. The molecule has 2 rings (SSSR count). The number of carbonyl (C=O) groups is 1. The van der Waals surface area contributed by atoms with E-state index in [9.17, 15) is 13.2 Å². The molecule has 0 radical (unpaired) electrons. The fraction of sp³-hybridized carbons (Fsp3) is 0.571. The van der Waals surface area contributed by atoms with Gasteiger partial charge in [0.25, 0.3) is 0 Å². The molecule has 1 saturated carbocycles. The van der Waals surface area contributed by atoms with Crippen LogP contribution in [0.2, 0.25) is 0 Å². The Kier molecular flexibility index (Phi) is 4.75. The molecule has 0 spiro atoms. The van der Waals surface area contributed by atoms with Crippen LogP contribution in [-0.4, -0.2) is 19.3 Å². The lowest BCUT2D eigenvalue weighted by atomic mass is 9.80. The molecule has 0 aromatic carbocycles. The van der Waals surface area contributed by atoms with Gasteiger partial charge in [0, 0.05) is 18.3 Å². The lowest BCUT2D eigenvalue weighted by Gasteiger charge is -2.27. The zero-order chi connectivity index (χ0) is 14.6. The maximum absolute atomic E-state index is 12.1. The van der Waals surface area contributed by atoms with Gasteiger partial charge < -0.3 is 0 Å². The number of pyridine rings is 1. The average molecular weight is 296 g/mol. The molecule has 1 fully saturated rings. The molecule has 1 aromatic rings. The second kappa shape index (κ2) is 6.35. The minimum Gasteiger partial charge on any atom is -0.274 e. The van der Waals surface area contributed by atoms with Crippen LogP contribution >= 0.6 is 0 Å². The van der Waals surface area contributed by atoms with Crippen LogP contribution in [0.3, 0.4) is 0 Å². The Morgan fingerprint density at radius 3 is 2.80 bits per heavy atom. The van der Waals surface area contributed by atoms with Gasteiger partial charge in [-0.05, 0) is 30.4 Å². The van der Waals surface area contributed by atoms with Crippen molar-refractivity contribution in [3.8, 4) is 0 Å². The van der Waals surface area contributed by atoms with Crippen LogP contribution in [0.5, 0.6) is 0 Å². The summed E-state index contributed by atoms with van der Waals surface area (Å²) in [6.45, 7) is 2.01. The third-order valence-electron chi connectivity index (χ3n) is 3.78. The van der Waals surface area contributed by atoms with Crippen molar-refractivity contribution in [1.82, 2.24) is 9.71 Å². The Labute approximate surface area is 119 Å². The van der Waals surface area contributed by atoms with E-state index in [2.05, 4.69) is 9.71 Å². The summed E-state index contributed by atoms with van der Waals surface area (Å²) in [5, 5.41) is 0. The van der Waals surface area contributed by atoms with E-state index in [0.717, 1.165) is 25.7 Å². The first-order valence-corrected chi connectivity index (χ1v) is 8.56. The standard InChI is InChI=1S/C14H20N2O3S/c1-11-5-2-3-7-13(11)14(17)16-20(18,19)10-12-6-4-8-15-9-12/h4,6,8-9,11,13H,2-3,5,7,10H2,1H3,(H,16,17). The van der Waals surface area contributed by atoms with Gasteiger partial charge in [-0.15, -0.1) is 0 Å². The third kappa shape index (κ3) is 4.03. The quantitative estimate of drug-likeness (QED) is 0.920. The van der Waals surface area contributed by atoms with E-state index in [-0.39, 0.29) is 23.5 Å². The van der Waals surface area contributed by atoms with E-state index in [1.165, 1.54) is 6.20 Å². The highest BCUT2D eigenvalue weighted by molar-refractivity contribution is 7.89. The number of amides is 1. The minimum absolute atomic E-state index is 0.188. The molecule has 2 atom stereocenters. The van der Waals surface area contributed by atoms with Crippen LogP contribution in [-0.2, 0) is 20.6 Å². The van der Waals surface area contributed by atoms with Crippen LogP contribution in [0.15, 0.2) is 24.5 Å². The van der Waals surface area contributed by atoms with Gasteiger partial charge in [0.1, 0.15) is 0 Å². The van der Waals surface area contributed by atoms with E-state index >= 15 is 0 Å². The van der Waals surface area contributed by atoms with Gasteiger partial charge in [0.05, 0.1) is 5.75 Å². The van der Waals surface area contributed by atoms with Gasteiger partial charge in [0.2, 0.25) is 15.9 Å². The van der Waals surface area contributed by atoms with Gasteiger partial charge >= 0.3 is 0 Å². The average Bonchev–Trinajstić information content (AvgIpc) is 2.39. The third-order valence-corrected chi connectivity index (χ3v) is 5.01. The Balaban J connectivity index is 1.99. The van der Waals surface area contributed by atoms with Gasteiger partial charge in [-0.1, -0.05) is 25.8 Å². The topological polar surface area (TPSA) is 76.1 Å². The van der Waals surface area contributed by atoms with Crippen molar-refractivity contribution in [2.75, 3.05) is 0 Å². The lowest BCUT2D eigenvalue weighted by molar-refractivity contribution is -0.125. The molecule has 0 aliphatic heterocycles. The Bertz CT molecular complexity index is 557. The number of rotatable bonds is 4. The van der Waals surface area contributed by atoms with Gasteiger partial charge in [-0.2, -0.15) is 0 Å². The van der Waals surface area contributed by atoms with Crippen molar-refractivity contribution in [2.45, 2.75) is 38.4 Å². The largest absolute Gasteiger partial charge is 0.274 e. The Morgan fingerprint density at radius 1 is 1.40 bits per heavy atom. The summed E-state index contributed by atoms with van der Waals surface area (Å²) in [5.74, 6) is -0.515. The molecule has 1 heterocycles. The van der Waals surface area contributed by atoms with Crippen LogP contribution in [0.25, 0.3) is 0 Å². The fourth-order valence-corrected chi connectivity index (χ4v) is 3.81. The molecule has 1 aliphatic rings. The van der Waals surface area contributed by atoms with Crippen molar-refractivity contribution in [3.63, 3.8) is 0 Å². The minimum atomic E-state index is -3.65. The highest BCUT2D eigenvalue weighted by Gasteiger charge is 2.30. The first-order valence-electron chi connectivity index (χ1n) is 6.91. The summed E-state index contributed by atoms with van der Waals surface area (Å²) < 4.78 is 26.2. The van der Waals surface area contributed by atoms with Crippen molar-refractivity contribution in [1.29, 1.82) is 0 Å². The van der Waals surface area contributed by atoms with Crippen LogP contribution < -0.4 is 4.72 Å². The normalized spacial score (nSPS) is 23.2. The van der Waals surface area contributed by atoms with E-state index in [1.54, 1.807) is 18.3 Å². The fourth-order valence-electron chi connectivity index (χ4n) is 2.67.